The maximum absolute atomic E-state index is 12.9. The molecule has 0 bridgehead atoms. The number of aryl methyl sites for hydroxylation is 3. The maximum atomic E-state index is 12.9. The summed E-state index contributed by atoms with van der Waals surface area (Å²) in [6, 6.07) is 20.7. The largest absolute Gasteiger partial charge is 0.323 e. The van der Waals surface area contributed by atoms with Crippen LogP contribution < -0.4 is 15.5 Å². The van der Waals surface area contributed by atoms with E-state index in [9.17, 15) is 9.59 Å². The van der Waals surface area contributed by atoms with Crippen molar-refractivity contribution in [3.63, 3.8) is 0 Å². The molecule has 30 heavy (non-hydrogen) atoms. The summed E-state index contributed by atoms with van der Waals surface area (Å²) in [5, 5.41) is 5.79. The maximum Gasteiger partial charge on any atom is 0.323 e. The smallest absolute Gasteiger partial charge is 0.308 e. The van der Waals surface area contributed by atoms with E-state index >= 15 is 0 Å². The molecule has 1 aliphatic rings. The van der Waals surface area contributed by atoms with Crippen molar-refractivity contribution >= 4 is 29.0 Å². The van der Waals surface area contributed by atoms with E-state index in [0.717, 1.165) is 40.9 Å². The van der Waals surface area contributed by atoms with Gasteiger partial charge in [0.1, 0.15) is 0 Å². The molecular formula is C25H25N3O2. The molecule has 0 spiro atoms. The van der Waals surface area contributed by atoms with E-state index in [1.54, 1.807) is 0 Å². The summed E-state index contributed by atoms with van der Waals surface area (Å²) in [7, 11) is 0. The van der Waals surface area contributed by atoms with Gasteiger partial charge in [0.15, 0.2) is 0 Å². The van der Waals surface area contributed by atoms with Gasteiger partial charge in [0.25, 0.3) is 5.91 Å². The SMILES string of the molecule is Cc1cc(C)cc(NC(=O)Nc2ccc3c(c2)CCCN3C(=O)c2ccccc2)c1. The number of hydrogen-bond donors (Lipinski definition) is 2. The second-order valence-corrected chi connectivity index (χ2v) is 7.73. The lowest BCUT2D eigenvalue weighted by molar-refractivity contribution is 0.0985. The molecule has 0 saturated heterocycles. The van der Waals surface area contributed by atoms with Gasteiger partial charge in [0.2, 0.25) is 0 Å². The van der Waals surface area contributed by atoms with Crippen LogP contribution in [0.3, 0.4) is 0 Å². The number of anilines is 3. The van der Waals surface area contributed by atoms with Gasteiger partial charge in [0, 0.05) is 29.2 Å². The monoisotopic (exact) mass is 399 g/mol. The first-order valence-corrected chi connectivity index (χ1v) is 10.2. The molecule has 5 heteroatoms. The Labute approximate surface area is 176 Å². The second kappa shape index (κ2) is 8.41. The summed E-state index contributed by atoms with van der Waals surface area (Å²) in [5.74, 6) is 0.00446. The number of urea groups is 1. The Morgan fingerprint density at radius 2 is 1.53 bits per heavy atom. The highest BCUT2D eigenvalue weighted by molar-refractivity contribution is 6.07. The molecule has 3 amide bonds. The number of hydrogen-bond acceptors (Lipinski definition) is 2. The molecule has 1 heterocycles. The van der Waals surface area contributed by atoms with Crippen molar-refractivity contribution in [1.29, 1.82) is 0 Å². The zero-order valence-electron chi connectivity index (χ0n) is 17.2. The van der Waals surface area contributed by atoms with E-state index in [1.165, 1.54) is 0 Å². The van der Waals surface area contributed by atoms with E-state index < -0.39 is 0 Å². The first kappa shape index (κ1) is 19.7. The van der Waals surface area contributed by atoms with E-state index in [2.05, 4.69) is 16.7 Å². The molecule has 4 rings (SSSR count). The molecule has 0 unspecified atom stereocenters. The van der Waals surface area contributed by atoms with Gasteiger partial charge in [-0.25, -0.2) is 4.79 Å². The Balaban J connectivity index is 1.49. The Morgan fingerprint density at radius 3 is 2.27 bits per heavy atom. The zero-order valence-corrected chi connectivity index (χ0v) is 17.2. The molecule has 0 saturated carbocycles. The number of benzene rings is 3. The summed E-state index contributed by atoms with van der Waals surface area (Å²) < 4.78 is 0. The number of carbonyl (C=O) groups is 2. The third kappa shape index (κ3) is 4.35. The lowest BCUT2D eigenvalue weighted by Gasteiger charge is -2.30. The second-order valence-electron chi connectivity index (χ2n) is 7.73. The van der Waals surface area contributed by atoms with Crippen LogP contribution in [-0.4, -0.2) is 18.5 Å². The fourth-order valence-corrected chi connectivity index (χ4v) is 3.96. The number of rotatable bonds is 3. The van der Waals surface area contributed by atoms with Crippen molar-refractivity contribution in [2.75, 3.05) is 22.1 Å². The van der Waals surface area contributed by atoms with Crippen molar-refractivity contribution in [1.82, 2.24) is 0 Å². The third-order valence-electron chi connectivity index (χ3n) is 5.20. The highest BCUT2D eigenvalue weighted by atomic mass is 16.2. The number of fused-ring (bicyclic) bond motifs is 1. The van der Waals surface area contributed by atoms with Gasteiger partial charge in [-0.1, -0.05) is 24.3 Å². The summed E-state index contributed by atoms with van der Waals surface area (Å²) in [5.41, 5.74) is 6.34. The number of amides is 3. The average molecular weight is 399 g/mol. The highest BCUT2D eigenvalue weighted by Gasteiger charge is 2.23. The van der Waals surface area contributed by atoms with Gasteiger partial charge in [-0.3, -0.25) is 4.79 Å². The molecule has 0 atom stereocenters. The predicted molar refractivity (Wildman–Crippen MR) is 121 cm³/mol. The van der Waals surface area contributed by atoms with Gasteiger partial charge >= 0.3 is 6.03 Å². The molecule has 1 aliphatic heterocycles. The minimum atomic E-state index is -0.284. The van der Waals surface area contributed by atoms with Gasteiger partial charge in [-0.05, 0) is 85.8 Å². The van der Waals surface area contributed by atoms with Crippen LogP contribution in [0.4, 0.5) is 21.9 Å². The molecule has 0 radical (unpaired) electrons. The molecule has 0 aliphatic carbocycles. The quantitative estimate of drug-likeness (QED) is 0.607. The molecule has 0 aromatic heterocycles. The zero-order chi connectivity index (χ0) is 21.1. The van der Waals surface area contributed by atoms with E-state index in [-0.39, 0.29) is 11.9 Å². The normalized spacial score (nSPS) is 12.8. The Bertz CT molecular complexity index is 1070. The minimum Gasteiger partial charge on any atom is -0.308 e. The first-order valence-electron chi connectivity index (χ1n) is 10.2. The Hall–Kier alpha value is -3.60. The first-order chi connectivity index (χ1) is 14.5. The molecule has 2 N–H and O–H groups in total. The van der Waals surface area contributed by atoms with Gasteiger partial charge < -0.3 is 15.5 Å². The molecule has 152 valence electrons. The lowest BCUT2D eigenvalue weighted by Crippen LogP contribution is -2.35. The van der Waals surface area contributed by atoms with Crippen molar-refractivity contribution < 1.29 is 9.59 Å². The number of carbonyl (C=O) groups excluding carboxylic acids is 2. The van der Waals surface area contributed by atoms with Crippen LogP contribution >= 0.6 is 0 Å². The lowest BCUT2D eigenvalue weighted by atomic mass is 10.00. The van der Waals surface area contributed by atoms with Gasteiger partial charge in [0.05, 0.1) is 0 Å². The van der Waals surface area contributed by atoms with Crippen LogP contribution in [0.1, 0.15) is 33.5 Å². The molecular weight excluding hydrogens is 374 g/mol. The van der Waals surface area contributed by atoms with E-state index in [4.69, 9.17) is 0 Å². The summed E-state index contributed by atoms with van der Waals surface area (Å²) in [6.45, 7) is 4.70. The van der Waals surface area contributed by atoms with Crippen LogP contribution in [0.25, 0.3) is 0 Å². The molecule has 5 nitrogen and oxygen atoms in total. The van der Waals surface area contributed by atoms with Gasteiger partial charge in [-0.15, -0.1) is 0 Å². The van der Waals surface area contributed by atoms with Crippen LogP contribution in [0.15, 0.2) is 66.7 Å². The van der Waals surface area contributed by atoms with Crippen molar-refractivity contribution in [2.24, 2.45) is 0 Å². The van der Waals surface area contributed by atoms with Crippen LogP contribution in [0.5, 0.6) is 0 Å². The Kier molecular flexibility index (Phi) is 5.53. The van der Waals surface area contributed by atoms with Crippen LogP contribution in [-0.2, 0) is 6.42 Å². The third-order valence-corrected chi connectivity index (χ3v) is 5.20. The molecule has 3 aromatic rings. The van der Waals surface area contributed by atoms with Crippen molar-refractivity contribution in [3.05, 3.63) is 89.0 Å². The standard InChI is InChI=1S/C25H25N3O2/c1-17-13-18(2)15-22(14-17)27-25(30)26-21-10-11-23-20(16-21)9-6-12-28(23)24(29)19-7-4-3-5-8-19/h3-5,7-8,10-11,13-16H,6,9,12H2,1-2H3,(H2,26,27,30). The Morgan fingerprint density at radius 1 is 0.833 bits per heavy atom. The fraction of sp³-hybridized carbons (Fsp3) is 0.200. The summed E-state index contributed by atoms with van der Waals surface area (Å²) in [6.07, 6.45) is 1.77. The summed E-state index contributed by atoms with van der Waals surface area (Å²) in [4.78, 5) is 27.2. The van der Waals surface area contributed by atoms with Crippen LogP contribution in [0, 0.1) is 13.8 Å². The number of nitrogens with one attached hydrogen (secondary N) is 2. The molecule has 3 aromatic carbocycles. The van der Waals surface area contributed by atoms with Crippen LogP contribution in [0.2, 0.25) is 0 Å². The summed E-state index contributed by atoms with van der Waals surface area (Å²) >= 11 is 0. The minimum absolute atomic E-state index is 0.00446. The van der Waals surface area contributed by atoms with E-state index in [0.29, 0.717) is 17.8 Å². The molecule has 0 fully saturated rings. The van der Waals surface area contributed by atoms with Crippen molar-refractivity contribution in [3.8, 4) is 0 Å². The van der Waals surface area contributed by atoms with Crippen molar-refractivity contribution in [2.45, 2.75) is 26.7 Å². The fourth-order valence-electron chi connectivity index (χ4n) is 3.96. The number of nitrogens with zero attached hydrogens (tertiary/aromatic N) is 1. The predicted octanol–water partition coefficient (Wildman–Crippen LogP) is 5.54. The highest BCUT2D eigenvalue weighted by Crippen LogP contribution is 2.31. The van der Waals surface area contributed by atoms with E-state index in [1.807, 2.05) is 79.4 Å². The average Bonchev–Trinajstić information content (AvgIpc) is 2.72. The topological polar surface area (TPSA) is 61.4 Å². The van der Waals surface area contributed by atoms with Gasteiger partial charge in [-0.2, -0.15) is 0 Å².